The molecule has 1 aromatic heterocycles. The van der Waals surface area contributed by atoms with E-state index in [0.29, 0.717) is 11.0 Å². The summed E-state index contributed by atoms with van der Waals surface area (Å²) in [4.78, 5) is 12.1. The number of thioether (sulfide) groups is 1. The van der Waals surface area contributed by atoms with Crippen molar-refractivity contribution in [1.29, 1.82) is 0 Å². The monoisotopic (exact) mass is 420 g/mol. The van der Waals surface area contributed by atoms with Gasteiger partial charge in [0.05, 0.1) is 5.25 Å². The van der Waals surface area contributed by atoms with Gasteiger partial charge in [0.2, 0.25) is 5.91 Å². The molecule has 3 aromatic rings. The highest BCUT2D eigenvalue weighted by Gasteiger charge is 2.29. The number of aryl methyl sites for hydroxylation is 1. The number of halogens is 3. The average Bonchev–Trinajstić information content (AvgIpc) is 3.10. The van der Waals surface area contributed by atoms with Gasteiger partial charge in [0.15, 0.2) is 11.0 Å². The molecule has 0 bridgehead atoms. The van der Waals surface area contributed by atoms with Gasteiger partial charge in [0.1, 0.15) is 6.54 Å². The molecule has 0 fully saturated rings. The maximum atomic E-state index is 12.4. The van der Waals surface area contributed by atoms with Gasteiger partial charge in [0, 0.05) is 11.3 Å². The summed E-state index contributed by atoms with van der Waals surface area (Å²) in [7, 11) is 0. The molecule has 0 spiro atoms. The van der Waals surface area contributed by atoms with E-state index in [1.54, 1.807) is 4.57 Å². The van der Waals surface area contributed by atoms with Crippen molar-refractivity contribution in [2.75, 3.05) is 6.54 Å². The van der Waals surface area contributed by atoms with Crippen molar-refractivity contribution in [1.82, 2.24) is 20.1 Å². The smallest absolute Gasteiger partial charge is 0.346 e. The Bertz CT molecular complexity index is 972. The molecule has 3 rings (SSSR count). The molecule has 0 radical (unpaired) electrons. The molecule has 1 atom stereocenters. The quantitative estimate of drug-likeness (QED) is 0.601. The van der Waals surface area contributed by atoms with Crippen LogP contribution in [0.15, 0.2) is 59.8 Å². The van der Waals surface area contributed by atoms with Crippen LogP contribution in [0.4, 0.5) is 13.2 Å². The molecule has 9 heteroatoms. The number of aromatic nitrogens is 3. The molecular weight excluding hydrogens is 401 g/mol. The Balaban J connectivity index is 1.91. The number of nitrogens with zero attached hydrogens (tertiary/aromatic N) is 3. The van der Waals surface area contributed by atoms with Crippen molar-refractivity contribution >= 4 is 17.7 Å². The fourth-order valence-corrected chi connectivity index (χ4v) is 3.48. The van der Waals surface area contributed by atoms with Gasteiger partial charge >= 0.3 is 6.18 Å². The fourth-order valence-electron chi connectivity index (χ4n) is 2.59. The molecule has 0 aliphatic heterocycles. The Morgan fingerprint density at radius 3 is 2.38 bits per heavy atom. The lowest BCUT2D eigenvalue weighted by Gasteiger charge is -2.15. The molecule has 1 amide bonds. The molecule has 5 nitrogen and oxygen atoms in total. The van der Waals surface area contributed by atoms with Gasteiger partial charge in [-0.3, -0.25) is 9.36 Å². The predicted molar refractivity (Wildman–Crippen MR) is 106 cm³/mol. The third-order valence-electron chi connectivity index (χ3n) is 4.07. The van der Waals surface area contributed by atoms with Crippen LogP contribution in [0.3, 0.4) is 0 Å². The summed E-state index contributed by atoms with van der Waals surface area (Å²) in [6.07, 6.45) is -4.46. The first-order chi connectivity index (χ1) is 13.7. The van der Waals surface area contributed by atoms with Gasteiger partial charge in [-0.1, -0.05) is 59.8 Å². The zero-order valence-corrected chi connectivity index (χ0v) is 16.6. The van der Waals surface area contributed by atoms with Crippen molar-refractivity contribution in [3.05, 3.63) is 60.2 Å². The van der Waals surface area contributed by atoms with Crippen LogP contribution in [-0.4, -0.2) is 38.6 Å². The van der Waals surface area contributed by atoms with E-state index in [0.717, 1.165) is 28.6 Å². The predicted octanol–water partition coefficient (Wildman–Crippen LogP) is 4.40. The molecule has 0 saturated heterocycles. The summed E-state index contributed by atoms with van der Waals surface area (Å²) in [5.41, 5.74) is 2.71. The second-order valence-electron chi connectivity index (χ2n) is 6.44. The van der Waals surface area contributed by atoms with Crippen LogP contribution in [0, 0.1) is 6.92 Å². The molecule has 1 unspecified atom stereocenters. The number of carbonyl (C=O) groups is 1. The van der Waals surface area contributed by atoms with Crippen molar-refractivity contribution in [2.45, 2.75) is 30.4 Å². The highest BCUT2D eigenvalue weighted by atomic mass is 32.2. The first kappa shape index (κ1) is 20.9. The summed E-state index contributed by atoms with van der Waals surface area (Å²) in [5, 5.41) is 10.0. The SMILES string of the molecule is Cc1ccc(-n2c(SC(C)C(=O)NCC(F)(F)F)nnc2-c2ccccc2)cc1. The first-order valence-electron chi connectivity index (χ1n) is 8.83. The molecule has 152 valence electrons. The normalized spacial score (nSPS) is 12.6. The largest absolute Gasteiger partial charge is 0.405 e. The topological polar surface area (TPSA) is 59.8 Å². The molecule has 1 N–H and O–H groups in total. The van der Waals surface area contributed by atoms with Crippen molar-refractivity contribution < 1.29 is 18.0 Å². The summed E-state index contributed by atoms with van der Waals surface area (Å²) in [6, 6.07) is 17.1. The Hall–Kier alpha value is -2.81. The van der Waals surface area contributed by atoms with E-state index in [1.807, 2.05) is 66.8 Å². The molecular formula is C20H19F3N4OS. The number of amides is 1. The maximum absolute atomic E-state index is 12.4. The minimum absolute atomic E-state index is 0.419. The van der Waals surface area contributed by atoms with Gasteiger partial charge < -0.3 is 5.32 Å². The number of hydrogen-bond acceptors (Lipinski definition) is 4. The number of rotatable bonds is 6. The zero-order valence-electron chi connectivity index (χ0n) is 15.8. The minimum atomic E-state index is -4.46. The average molecular weight is 420 g/mol. The van der Waals surface area contributed by atoms with Gasteiger partial charge in [-0.2, -0.15) is 13.2 Å². The molecule has 0 aliphatic rings. The van der Waals surface area contributed by atoms with Crippen LogP contribution in [0.2, 0.25) is 0 Å². The van der Waals surface area contributed by atoms with Gasteiger partial charge in [-0.05, 0) is 26.0 Å². The molecule has 1 heterocycles. The first-order valence-corrected chi connectivity index (χ1v) is 9.71. The summed E-state index contributed by atoms with van der Waals surface area (Å²) in [6.45, 7) is 2.14. The standard InChI is InChI=1S/C20H19F3N4OS/c1-13-8-10-16(11-9-13)27-17(15-6-4-3-5-7-15)25-26-19(27)29-14(2)18(28)24-12-20(21,22)23/h3-11,14H,12H2,1-2H3,(H,24,28). The van der Waals surface area contributed by atoms with Gasteiger partial charge in [0.25, 0.3) is 0 Å². The lowest BCUT2D eigenvalue weighted by atomic mass is 10.2. The second-order valence-corrected chi connectivity index (χ2v) is 7.74. The summed E-state index contributed by atoms with van der Waals surface area (Å²) >= 11 is 1.05. The van der Waals surface area contributed by atoms with E-state index in [4.69, 9.17) is 0 Å². The van der Waals surface area contributed by atoms with E-state index in [1.165, 1.54) is 6.92 Å². The second kappa shape index (κ2) is 8.69. The summed E-state index contributed by atoms with van der Waals surface area (Å²) < 4.78 is 38.9. The van der Waals surface area contributed by atoms with Crippen LogP contribution in [0.1, 0.15) is 12.5 Å². The minimum Gasteiger partial charge on any atom is -0.346 e. The number of hydrogen-bond donors (Lipinski definition) is 1. The van der Waals surface area contributed by atoms with Crippen LogP contribution in [0.5, 0.6) is 0 Å². The Kier molecular flexibility index (Phi) is 6.26. The maximum Gasteiger partial charge on any atom is 0.405 e. The van der Waals surface area contributed by atoms with E-state index in [-0.39, 0.29) is 0 Å². The lowest BCUT2D eigenvalue weighted by Crippen LogP contribution is -2.38. The van der Waals surface area contributed by atoms with E-state index >= 15 is 0 Å². The number of nitrogens with one attached hydrogen (secondary N) is 1. The van der Waals surface area contributed by atoms with Gasteiger partial charge in [-0.15, -0.1) is 10.2 Å². The summed E-state index contributed by atoms with van der Waals surface area (Å²) in [5.74, 6) is -0.133. The van der Waals surface area contributed by atoms with E-state index in [9.17, 15) is 18.0 Å². The number of alkyl halides is 3. The van der Waals surface area contributed by atoms with Crippen molar-refractivity contribution in [3.63, 3.8) is 0 Å². The zero-order chi connectivity index (χ0) is 21.0. The molecule has 29 heavy (non-hydrogen) atoms. The van der Waals surface area contributed by atoms with Crippen molar-refractivity contribution in [2.24, 2.45) is 0 Å². The lowest BCUT2D eigenvalue weighted by molar-refractivity contribution is -0.137. The number of carbonyl (C=O) groups excluding carboxylic acids is 1. The van der Waals surface area contributed by atoms with Crippen LogP contribution >= 0.6 is 11.8 Å². The van der Waals surface area contributed by atoms with E-state index < -0.39 is 23.9 Å². The highest BCUT2D eigenvalue weighted by molar-refractivity contribution is 8.00. The van der Waals surface area contributed by atoms with Crippen LogP contribution in [0.25, 0.3) is 17.1 Å². The van der Waals surface area contributed by atoms with Crippen LogP contribution < -0.4 is 5.32 Å². The molecule has 2 aromatic carbocycles. The fraction of sp³-hybridized carbons (Fsp3) is 0.250. The highest BCUT2D eigenvalue weighted by Crippen LogP contribution is 2.30. The number of benzene rings is 2. The van der Waals surface area contributed by atoms with Crippen LogP contribution in [-0.2, 0) is 4.79 Å². The van der Waals surface area contributed by atoms with E-state index in [2.05, 4.69) is 10.2 Å². The third-order valence-corrected chi connectivity index (χ3v) is 5.11. The molecule has 0 aliphatic carbocycles. The third kappa shape index (κ3) is 5.38. The van der Waals surface area contributed by atoms with Gasteiger partial charge in [-0.25, -0.2) is 0 Å². The Labute approximate surface area is 170 Å². The molecule has 0 saturated carbocycles. The Morgan fingerprint density at radius 1 is 1.10 bits per heavy atom. The van der Waals surface area contributed by atoms with Crippen molar-refractivity contribution in [3.8, 4) is 17.1 Å². The Morgan fingerprint density at radius 2 is 1.76 bits per heavy atom.